The van der Waals surface area contributed by atoms with E-state index in [4.69, 9.17) is 21.4 Å². The number of alkyl halides is 2. The molecule has 1 amide bonds. The van der Waals surface area contributed by atoms with Gasteiger partial charge in [0.05, 0.1) is 11.6 Å². The van der Waals surface area contributed by atoms with Gasteiger partial charge in [0.1, 0.15) is 17.0 Å². The highest BCUT2D eigenvalue weighted by Gasteiger charge is 2.30. The lowest BCUT2D eigenvalue weighted by atomic mass is 10.1. The average Bonchev–Trinajstić information content (AvgIpc) is 3.11. The summed E-state index contributed by atoms with van der Waals surface area (Å²) in [6.07, 6.45) is -2.37. The van der Waals surface area contributed by atoms with Crippen LogP contribution < -0.4 is 10.1 Å². The third-order valence-corrected chi connectivity index (χ3v) is 5.44. The van der Waals surface area contributed by atoms with Crippen molar-refractivity contribution in [1.29, 1.82) is 0 Å². The fraction of sp³-hybridized carbons (Fsp3) is 0.261. The number of aromatic nitrogens is 2. The summed E-state index contributed by atoms with van der Waals surface area (Å²) in [5, 5.41) is 16.0. The van der Waals surface area contributed by atoms with Crippen molar-refractivity contribution in [3.63, 3.8) is 0 Å². The van der Waals surface area contributed by atoms with Gasteiger partial charge in [0.15, 0.2) is 0 Å². The summed E-state index contributed by atoms with van der Waals surface area (Å²) in [5.74, 6) is -1.69. The van der Waals surface area contributed by atoms with Crippen LogP contribution in [-0.2, 0) is 13.5 Å². The molecule has 0 bridgehead atoms. The topological polar surface area (TPSA) is 93.4 Å². The van der Waals surface area contributed by atoms with E-state index in [9.17, 15) is 18.4 Å². The minimum Gasteiger partial charge on any atom is -0.478 e. The first-order chi connectivity index (χ1) is 15.6. The van der Waals surface area contributed by atoms with Gasteiger partial charge in [0.25, 0.3) is 12.3 Å². The monoisotopic (exact) mass is 477 g/mol. The molecule has 1 atom stereocenters. The second kappa shape index (κ2) is 9.99. The Kier molecular flexibility index (Phi) is 7.33. The van der Waals surface area contributed by atoms with Gasteiger partial charge in [-0.1, -0.05) is 30.7 Å². The summed E-state index contributed by atoms with van der Waals surface area (Å²) in [7, 11) is 1.41. The maximum Gasteiger partial charge on any atom is 0.335 e. The molecular formula is C23H22ClF2N3O4. The molecule has 7 nitrogen and oxygen atoms in total. The van der Waals surface area contributed by atoms with E-state index in [0.29, 0.717) is 22.8 Å². The van der Waals surface area contributed by atoms with Crippen molar-refractivity contribution in [2.75, 3.05) is 0 Å². The molecule has 0 saturated heterocycles. The minimum atomic E-state index is -3.00. The molecule has 0 spiro atoms. The summed E-state index contributed by atoms with van der Waals surface area (Å²) in [6.45, 7) is 3.56. The van der Waals surface area contributed by atoms with Crippen molar-refractivity contribution >= 4 is 23.5 Å². The molecule has 2 N–H and O–H groups in total. The molecule has 1 heterocycles. The zero-order chi connectivity index (χ0) is 24.3. The molecule has 3 rings (SSSR count). The number of ether oxygens (including phenoxy) is 1. The van der Waals surface area contributed by atoms with E-state index in [2.05, 4.69) is 10.4 Å². The largest absolute Gasteiger partial charge is 0.478 e. The van der Waals surface area contributed by atoms with E-state index in [1.54, 1.807) is 37.3 Å². The lowest BCUT2D eigenvalue weighted by molar-refractivity contribution is 0.0696. The molecule has 0 fully saturated rings. The Labute approximate surface area is 193 Å². The van der Waals surface area contributed by atoms with Gasteiger partial charge in [0, 0.05) is 12.1 Å². The van der Waals surface area contributed by atoms with Crippen LogP contribution in [0.4, 0.5) is 8.78 Å². The molecule has 0 saturated carbocycles. The molecule has 10 heteroatoms. The molecule has 174 valence electrons. The summed E-state index contributed by atoms with van der Waals surface area (Å²) in [5.41, 5.74) is 0.408. The van der Waals surface area contributed by atoms with Gasteiger partial charge in [-0.05, 0) is 54.8 Å². The van der Waals surface area contributed by atoms with Gasteiger partial charge in [-0.2, -0.15) is 5.10 Å². The predicted octanol–water partition coefficient (Wildman–Crippen LogP) is 5.56. The standard InChI is InChI=1S/C23H22ClF2N3O4/c1-4-13-11-16(9-10-17(13)24)33-22-18(19(20(25)26)28-29(22)3)21(30)27-12(2)14-5-7-15(8-6-14)23(31)32/h5-12,20H,4H2,1-3H3,(H,27,30)(H,31,32)/t12-/m0/s1. The van der Waals surface area contributed by atoms with Crippen molar-refractivity contribution < 1.29 is 28.2 Å². The first-order valence-corrected chi connectivity index (χ1v) is 10.5. The van der Waals surface area contributed by atoms with Gasteiger partial charge in [0.2, 0.25) is 5.88 Å². The summed E-state index contributed by atoms with van der Waals surface area (Å²) in [6, 6.07) is 10.2. The van der Waals surface area contributed by atoms with E-state index in [1.807, 2.05) is 6.92 Å². The van der Waals surface area contributed by atoms with Gasteiger partial charge in [-0.15, -0.1) is 0 Å². The second-order valence-electron chi connectivity index (χ2n) is 7.32. The Balaban J connectivity index is 1.92. The van der Waals surface area contributed by atoms with Crippen LogP contribution in [0.1, 0.15) is 63.9 Å². The molecule has 2 aromatic carbocycles. The Morgan fingerprint density at radius 1 is 1.21 bits per heavy atom. The number of aryl methyl sites for hydroxylation is 2. The number of amides is 1. The molecule has 0 unspecified atom stereocenters. The number of hydrogen-bond acceptors (Lipinski definition) is 4. The highest BCUT2D eigenvalue weighted by Crippen LogP contribution is 2.34. The highest BCUT2D eigenvalue weighted by atomic mass is 35.5. The quantitative estimate of drug-likeness (QED) is 0.443. The maximum absolute atomic E-state index is 13.7. The van der Waals surface area contributed by atoms with Crippen molar-refractivity contribution in [1.82, 2.24) is 15.1 Å². The summed E-state index contributed by atoms with van der Waals surface area (Å²) < 4.78 is 34.3. The Hall–Kier alpha value is -3.46. The number of nitrogens with zero attached hydrogens (tertiary/aromatic N) is 2. The number of nitrogens with one attached hydrogen (secondary N) is 1. The van der Waals surface area contributed by atoms with Crippen LogP contribution in [0.15, 0.2) is 42.5 Å². The molecule has 0 aliphatic heterocycles. The lowest BCUT2D eigenvalue weighted by Crippen LogP contribution is -2.27. The Morgan fingerprint density at radius 3 is 2.45 bits per heavy atom. The van der Waals surface area contributed by atoms with E-state index < -0.39 is 30.0 Å². The van der Waals surface area contributed by atoms with Crippen LogP contribution >= 0.6 is 11.6 Å². The van der Waals surface area contributed by atoms with Crippen LogP contribution in [-0.4, -0.2) is 26.8 Å². The van der Waals surface area contributed by atoms with Gasteiger partial charge < -0.3 is 15.2 Å². The molecule has 0 aliphatic rings. The Morgan fingerprint density at radius 2 is 1.88 bits per heavy atom. The highest BCUT2D eigenvalue weighted by molar-refractivity contribution is 6.31. The first-order valence-electron chi connectivity index (χ1n) is 10.1. The van der Waals surface area contributed by atoms with E-state index >= 15 is 0 Å². The fourth-order valence-electron chi connectivity index (χ4n) is 3.28. The molecular weight excluding hydrogens is 456 g/mol. The maximum atomic E-state index is 13.7. The van der Waals surface area contributed by atoms with Crippen LogP contribution in [0.25, 0.3) is 0 Å². The zero-order valence-corrected chi connectivity index (χ0v) is 18.9. The van der Waals surface area contributed by atoms with Crippen molar-refractivity contribution in [3.8, 4) is 11.6 Å². The lowest BCUT2D eigenvalue weighted by Gasteiger charge is -2.16. The zero-order valence-electron chi connectivity index (χ0n) is 18.1. The first kappa shape index (κ1) is 24.2. The minimum absolute atomic E-state index is 0.0922. The van der Waals surface area contributed by atoms with E-state index in [0.717, 1.165) is 10.2 Å². The van der Waals surface area contributed by atoms with Crippen LogP contribution in [0.3, 0.4) is 0 Å². The molecule has 3 aromatic rings. The molecule has 0 radical (unpaired) electrons. The molecule has 0 aliphatic carbocycles. The van der Waals surface area contributed by atoms with E-state index in [1.165, 1.54) is 19.2 Å². The summed E-state index contributed by atoms with van der Waals surface area (Å²) in [4.78, 5) is 24.1. The smallest absolute Gasteiger partial charge is 0.335 e. The number of hydrogen-bond donors (Lipinski definition) is 2. The SMILES string of the molecule is CCc1cc(Oc2c(C(=O)N[C@@H](C)c3ccc(C(=O)O)cc3)c(C(F)F)nn2C)ccc1Cl. The van der Waals surface area contributed by atoms with Crippen LogP contribution in [0.2, 0.25) is 5.02 Å². The van der Waals surface area contributed by atoms with Gasteiger partial charge in [-0.3, -0.25) is 4.79 Å². The molecule has 33 heavy (non-hydrogen) atoms. The number of rotatable bonds is 8. The predicted molar refractivity (Wildman–Crippen MR) is 118 cm³/mol. The number of carbonyl (C=O) groups excluding carboxylic acids is 1. The van der Waals surface area contributed by atoms with Gasteiger partial charge in [-0.25, -0.2) is 18.3 Å². The number of aromatic carboxylic acids is 1. The van der Waals surface area contributed by atoms with E-state index in [-0.39, 0.29) is 17.0 Å². The summed E-state index contributed by atoms with van der Waals surface area (Å²) >= 11 is 6.13. The number of carboxylic acid groups (broad SMARTS) is 1. The van der Waals surface area contributed by atoms with Crippen LogP contribution in [0, 0.1) is 0 Å². The number of halogens is 3. The van der Waals surface area contributed by atoms with Crippen molar-refractivity contribution in [2.45, 2.75) is 32.7 Å². The Bertz CT molecular complexity index is 1180. The van der Waals surface area contributed by atoms with Crippen molar-refractivity contribution in [3.05, 3.63) is 75.4 Å². The fourth-order valence-corrected chi connectivity index (χ4v) is 3.53. The third kappa shape index (κ3) is 5.31. The van der Waals surface area contributed by atoms with Crippen molar-refractivity contribution in [2.24, 2.45) is 7.05 Å². The number of benzene rings is 2. The van der Waals surface area contributed by atoms with Crippen LogP contribution in [0.5, 0.6) is 11.6 Å². The second-order valence-corrected chi connectivity index (χ2v) is 7.73. The molecule has 1 aromatic heterocycles. The number of carbonyl (C=O) groups is 2. The average molecular weight is 478 g/mol. The number of carboxylic acids is 1. The normalized spacial score (nSPS) is 12.0. The third-order valence-electron chi connectivity index (χ3n) is 5.07. The van der Waals surface area contributed by atoms with Gasteiger partial charge >= 0.3 is 5.97 Å².